The van der Waals surface area contributed by atoms with Gasteiger partial charge in [-0.1, -0.05) is 57.2 Å². The molecule has 0 amide bonds. The molecule has 0 radical (unpaired) electrons. The van der Waals surface area contributed by atoms with Gasteiger partial charge in [0, 0.05) is 7.11 Å². The van der Waals surface area contributed by atoms with Crippen molar-refractivity contribution < 1.29 is 22.7 Å². The molecule has 2 atom stereocenters. The van der Waals surface area contributed by atoms with E-state index in [1.165, 1.54) is 19.3 Å². The first-order chi connectivity index (χ1) is 12.6. The fraction of sp³-hybridized carbons (Fsp3) is 0.450. The van der Waals surface area contributed by atoms with E-state index in [0.29, 0.717) is 6.42 Å². The van der Waals surface area contributed by atoms with Crippen LogP contribution in [-0.2, 0) is 30.9 Å². The number of hydrogen-bond donors (Lipinski definition) is 1. The Balaban J connectivity index is 2.15. The van der Waals surface area contributed by atoms with E-state index in [1.807, 2.05) is 30.3 Å². The van der Waals surface area contributed by atoms with Gasteiger partial charge in [-0.05, 0) is 29.6 Å². The molecular formula is C20H27NO5S. The van der Waals surface area contributed by atoms with Gasteiger partial charge in [0.2, 0.25) is 10.0 Å². The van der Waals surface area contributed by atoms with E-state index in [2.05, 4.69) is 4.72 Å². The summed E-state index contributed by atoms with van der Waals surface area (Å²) in [5.41, 5.74) is 0.169. The summed E-state index contributed by atoms with van der Waals surface area (Å²) >= 11 is 0. The number of nitrogens with one attached hydrogen (secondary N) is 1. The lowest BCUT2D eigenvalue weighted by Crippen LogP contribution is -2.50. The molecule has 0 fully saturated rings. The summed E-state index contributed by atoms with van der Waals surface area (Å²) in [6, 6.07) is 8.22. The molecule has 0 saturated heterocycles. The van der Waals surface area contributed by atoms with E-state index in [1.54, 1.807) is 26.8 Å². The van der Waals surface area contributed by atoms with Crippen LogP contribution in [0.4, 0.5) is 0 Å². The molecule has 0 aliphatic heterocycles. The molecule has 1 unspecified atom stereocenters. The van der Waals surface area contributed by atoms with Crippen molar-refractivity contribution in [1.82, 2.24) is 4.72 Å². The Bertz CT molecular complexity index is 807. The number of ether oxygens (including phenoxy) is 2. The zero-order valence-electron chi connectivity index (χ0n) is 16.1. The molecule has 2 rings (SSSR count). The normalized spacial score (nSPS) is 18.7. The zero-order chi connectivity index (χ0) is 20.1. The van der Waals surface area contributed by atoms with Crippen LogP contribution < -0.4 is 4.72 Å². The molecule has 27 heavy (non-hydrogen) atoms. The molecule has 1 aromatic rings. The maximum atomic E-state index is 12.8. The molecule has 1 aliphatic rings. The van der Waals surface area contributed by atoms with Crippen LogP contribution in [0.25, 0.3) is 0 Å². The monoisotopic (exact) mass is 393 g/mol. The van der Waals surface area contributed by atoms with Gasteiger partial charge >= 0.3 is 5.97 Å². The fourth-order valence-electron chi connectivity index (χ4n) is 2.58. The second-order valence-electron chi connectivity index (χ2n) is 7.49. The van der Waals surface area contributed by atoms with E-state index >= 15 is 0 Å². The minimum atomic E-state index is -3.89. The molecule has 1 aliphatic carbocycles. The number of allylic oxidation sites excluding steroid dienone is 1. The van der Waals surface area contributed by atoms with Gasteiger partial charge in [0.05, 0.1) is 11.0 Å². The summed E-state index contributed by atoms with van der Waals surface area (Å²) < 4.78 is 38.7. The minimum absolute atomic E-state index is 0.0856. The lowest BCUT2D eigenvalue weighted by Gasteiger charge is -2.30. The van der Waals surface area contributed by atoms with Crippen LogP contribution in [0.15, 0.2) is 53.5 Å². The molecule has 1 N–H and O–H groups in total. The largest absolute Gasteiger partial charge is 0.460 e. The van der Waals surface area contributed by atoms with Crippen molar-refractivity contribution in [2.45, 2.75) is 45.9 Å². The van der Waals surface area contributed by atoms with Crippen LogP contribution in [0.5, 0.6) is 0 Å². The average Bonchev–Trinajstić information content (AvgIpc) is 2.64. The Labute approximate surface area is 161 Å². The topological polar surface area (TPSA) is 81.7 Å². The molecule has 148 valence electrons. The smallest absolute Gasteiger partial charge is 0.325 e. The van der Waals surface area contributed by atoms with Gasteiger partial charge < -0.3 is 9.47 Å². The molecule has 0 saturated carbocycles. The lowest BCUT2D eigenvalue weighted by atomic mass is 9.87. The van der Waals surface area contributed by atoms with E-state index in [9.17, 15) is 13.2 Å². The highest BCUT2D eigenvalue weighted by atomic mass is 32.2. The zero-order valence-corrected chi connectivity index (χ0v) is 17.0. The number of sulfonamides is 1. The highest BCUT2D eigenvalue weighted by molar-refractivity contribution is 7.93. The summed E-state index contributed by atoms with van der Waals surface area (Å²) in [6.45, 7) is 5.44. The minimum Gasteiger partial charge on any atom is -0.460 e. The van der Waals surface area contributed by atoms with Crippen LogP contribution in [0.2, 0.25) is 0 Å². The van der Waals surface area contributed by atoms with Gasteiger partial charge in [-0.25, -0.2) is 8.42 Å². The summed E-state index contributed by atoms with van der Waals surface area (Å²) in [5, 5.41) is 0. The first kappa shape index (κ1) is 21.3. The van der Waals surface area contributed by atoms with Crippen LogP contribution in [-0.4, -0.2) is 33.6 Å². The maximum absolute atomic E-state index is 12.8. The van der Waals surface area contributed by atoms with E-state index < -0.39 is 27.4 Å². The standard InChI is InChI=1S/C20H27NO5S/c1-20(2,3)18(19(22)26-14-15-9-6-5-7-10-15)21-27(23,24)17-12-8-11-16(13-17)25-4/h5-10,12-13,16,18,21H,11,14H2,1-4H3/t16?,18-/m0/s1. The fourth-order valence-corrected chi connectivity index (χ4v) is 4.08. The van der Waals surface area contributed by atoms with Crippen molar-refractivity contribution in [2.75, 3.05) is 7.11 Å². The molecule has 6 nitrogen and oxygen atoms in total. The van der Waals surface area contributed by atoms with Gasteiger partial charge in [0.25, 0.3) is 0 Å². The number of esters is 1. The van der Waals surface area contributed by atoms with Crippen molar-refractivity contribution in [1.29, 1.82) is 0 Å². The quantitative estimate of drug-likeness (QED) is 0.721. The van der Waals surface area contributed by atoms with Crippen LogP contribution in [0, 0.1) is 5.41 Å². The lowest BCUT2D eigenvalue weighted by molar-refractivity contribution is -0.149. The number of hydrogen-bond acceptors (Lipinski definition) is 5. The molecule has 0 bridgehead atoms. The van der Waals surface area contributed by atoms with Gasteiger partial charge in [-0.2, -0.15) is 4.72 Å². The number of benzene rings is 1. The average molecular weight is 394 g/mol. The molecule has 1 aromatic carbocycles. The predicted molar refractivity (Wildman–Crippen MR) is 104 cm³/mol. The highest BCUT2D eigenvalue weighted by Crippen LogP contribution is 2.24. The van der Waals surface area contributed by atoms with Gasteiger partial charge in [-0.3, -0.25) is 4.79 Å². The predicted octanol–water partition coefficient (Wildman–Crippen LogP) is 2.92. The summed E-state index contributed by atoms with van der Waals surface area (Å²) in [4.78, 5) is 12.7. The first-order valence-electron chi connectivity index (χ1n) is 8.77. The van der Waals surface area contributed by atoms with Crippen LogP contribution in [0.3, 0.4) is 0 Å². The second-order valence-corrected chi connectivity index (χ2v) is 9.21. The SMILES string of the molecule is COC1C=C(S(=O)(=O)N[C@@H](C(=O)OCc2ccccc2)C(C)(C)C)C=CC1. The third kappa shape index (κ3) is 6.02. The Morgan fingerprint density at radius 1 is 1.26 bits per heavy atom. The summed E-state index contributed by atoms with van der Waals surface area (Å²) in [7, 11) is -2.37. The van der Waals surface area contributed by atoms with Gasteiger partial charge in [-0.15, -0.1) is 0 Å². The maximum Gasteiger partial charge on any atom is 0.325 e. The molecule has 7 heteroatoms. The van der Waals surface area contributed by atoms with Crippen molar-refractivity contribution >= 4 is 16.0 Å². The molecule has 0 spiro atoms. The Morgan fingerprint density at radius 2 is 1.93 bits per heavy atom. The van der Waals surface area contributed by atoms with E-state index in [4.69, 9.17) is 9.47 Å². The van der Waals surface area contributed by atoms with Crippen molar-refractivity contribution in [3.8, 4) is 0 Å². The van der Waals surface area contributed by atoms with E-state index in [-0.39, 0.29) is 17.6 Å². The third-order valence-corrected chi connectivity index (χ3v) is 5.65. The Hall–Kier alpha value is -1.96. The third-order valence-electron chi connectivity index (χ3n) is 4.21. The Morgan fingerprint density at radius 3 is 2.52 bits per heavy atom. The number of methoxy groups -OCH3 is 1. The first-order valence-corrected chi connectivity index (χ1v) is 10.3. The van der Waals surface area contributed by atoms with E-state index in [0.717, 1.165) is 5.56 Å². The van der Waals surface area contributed by atoms with Crippen LogP contribution >= 0.6 is 0 Å². The van der Waals surface area contributed by atoms with Crippen molar-refractivity contribution in [3.05, 3.63) is 59.0 Å². The number of rotatable bonds is 7. The van der Waals surface area contributed by atoms with Gasteiger partial charge in [0.15, 0.2) is 0 Å². The van der Waals surface area contributed by atoms with Crippen molar-refractivity contribution in [3.63, 3.8) is 0 Å². The molecule has 0 aromatic heterocycles. The summed E-state index contributed by atoms with van der Waals surface area (Å²) in [6.07, 6.45) is 5.10. The second kappa shape index (κ2) is 8.82. The molecular weight excluding hydrogens is 366 g/mol. The van der Waals surface area contributed by atoms with Crippen molar-refractivity contribution in [2.24, 2.45) is 5.41 Å². The van der Waals surface area contributed by atoms with Crippen LogP contribution in [0.1, 0.15) is 32.8 Å². The summed E-state index contributed by atoms with van der Waals surface area (Å²) in [5.74, 6) is -0.612. The number of carbonyl (C=O) groups excluding carboxylic acids is 1. The molecule has 0 heterocycles. The Kier molecular flexibility index (Phi) is 6.97. The highest BCUT2D eigenvalue weighted by Gasteiger charge is 2.37. The number of carbonyl (C=O) groups is 1. The van der Waals surface area contributed by atoms with Gasteiger partial charge in [0.1, 0.15) is 12.6 Å².